The van der Waals surface area contributed by atoms with Crippen molar-refractivity contribution in [1.29, 1.82) is 0 Å². The lowest BCUT2D eigenvalue weighted by Gasteiger charge is -2.16. The molecule has 7 heteroatoms. The number of hydrogen-bond acceptors (Lipinski definition) is 3. The van der Waals surface area contributed by atoms with E-state index in [0.29, 0.717) is 26.1 Å². The molecule has 2 aromatic rings. The Hall–Kier alpha value is -2.96. The van der Waals surface area contributed by atoms with Gasteiger partial charge < -0.3 is 4.90 Å². The molecule has 5 nitrogen and oxygen atoms in total. The Balaban J connectivity index is 1.56. The third kappa shape index (κ3) is 2.79. The minimum atomic E-state index is -0.623. The molecule has 2 amide bonds. The maximum Gasteiger partial charge on any atom is 0.324 e. The zero-order valence-electron chi connectivity index (χ0n) is 14.3. The highest BCUT2D eigenvalue weighted by molar-refractivity contribution is 6.03. The van der Waals surface area contributed by atoms with Crippen LogP contribution in [0.25, 0.3) is 0 Å². The molecule has 4 rings (SSSR count). The van der Waals surface area contributed by atoms with Crippen LogP contribution in [-0.2, 0) is 0 Å². The number of anilines is 2. The van der Waals surface area contributed by atoms with E-state index in [1.165, 1.54) is 23.2 Å². The van der Waals surface area contributed by atoms with E-state index in [0.717, 1.165) is 17.0 Å². The van der Waals surface area contributed by atoms with Gasteiger partial charge in [-0.15, -0.1) is 0 Å². The fourth-order valence-corrected chi connectivity index (χ4v) is 3.28. The standard InChI is InChI=1S/C19H18F2N4O/c1-23-11-12-24(19(23)26)14-7-5-13(6-8-14)17-9-10-25(22-17)18-15(20)3-2-4-16(18)21/h2-8H,9-12H2,1H3. The number of urea groups is 1. The smallest absolute Gasteiger partial charge is 0.324 e. The second-order valence-corrected chi connectivity index (χ2v) is 6.39. The maximum atomic E-state index is 13.9. The average molecular weight is 356 g/mol. The summed E-state index contributed by atoms with van der Waals surface area (Å²) in [5.41, 5.74) is 2.36. The van der Waals surface area contributed by atoms with Gasteiger partial charge in [-0.3, -0.25) is 9.91 Å². The second kappa shape index (κ2) is 6.40. The predicted octanol–water partition coefficient (Wildman–Crippen LogP) is 3.45. The van der Waals surface area contributed by atoms with E-state index in [1.54, 1.807) is 16.8 Å². The molecule has 0 spiro atoms. The number of hydrazone groups is 1. The molecule has 1 saturated heterocycles. The van der Waals surface area contributed by atoms with E-state index in [4.69, 9.17) is 0 Å². The summed E-state index contributed by atoms with van der Waals surface area (Å²) >= 11 is 0. The summed E-state index contributed by atoms with van der Waals surface area (Å²) in [5, 5.41) is 5.75. The first-order chi connectivity index (χ1) is 12.5. The van der Waals surface area contributed by atoms with Gasteiger partial charge in [-0.1, -0.05) is 18.2 Å². The summed E-state index contributed by atoms with van der Waals surface area (Å²) in [6, 6.07) is 11.3. The van der Waals surface area contributed by atoms with Gasteiger partial charge in [0.25, 0.3) is 0 Å². The van der Waals surface area contributed by atoms with Gasteiger partial charge in [0, 0.05) is 38.8 Å². The molecule has 2 aromatic carbocycles. The van der Waals surface area contributed by atoms with Crippen LogP contribution in [0.5, 0.6) is 0 Å². The summed E-state index contributed by atoms with van der Waals surface area (Å²) in [5.74, 6) is -1.25. The zero-order chi connectivity index (χ0) is 18.3. The maximum absolute atomic E-state index is 13.9. The van der Waals surface area contributed by atoms with Crippen molar-refractivity contribution >= 4 is 23.1 Å². The van der Waals surface area contributed by atoms with Crippen LogP contribution >= 0.6 is 0 Å². The molecular weight excluding hydrogens is 338 g/mol. The molecule has 0 aliphatic carbocycles. The number of halogens is 2. The molecule has 1 fully saturated rings. The first-order valence-electron chi connectivity index (χ1n) is 8.46. The Labute approximate surface area is 150 Å². The van der Waals surface area contributed by atoms with Gasteiger partial charge in [-0.2, -0.15) is 5.10 Å². The molecular formula is C19H18F2N4O. The highest BCUT2D eigenvalue weighted by atomic mass is 19.1. The van der Waals surface area contributed by atoms with Crippen molar-refractivity contribution in [3.05, 3.63) is 59.7 Å². The van der Waals surface area contributed by atoms with Crippen LogP contribution in [0, 0.1) is 11.6 Å². The lowest BCUT2D eigenvalue weighted by atomic mass is 10.1. The number of nitrogens with zero attached hydrogens (tertiary/aromatic N) is 4. The number of likely N-dealkylation sites (N-methyl/N-ethyl adjacent to an activating group) is 1. The third-order valence-electron chi connectivity index (χ3n) is 4.73. The average Bonchev–Trinajstić information content (AvgIpc) is 3.23. The van der Waals surface area contributed by atoms with Crippen LogP contribution in [0.4, 0.5) is 25.0 Å². The van der Waals surface area contributed by atoms with Gasteiger partial charge in [0.2, 0.25) is 0 Å². The van der Waals surface area contributed by atoms with E-state index < -0.39 is 11.6 Å². The summed E-state index contributed by atoms with van der Waals surface area (Å²) in [7, 11) is 1.78. The molecule has 0 bridgehead atoms. The highest BCUT2D eigenvalue weighted by Crippen LogP contribution is 2.28. The van der Waals surface area contributed by atoms with Gasteiger partial charge >= 0.3 is 6.03 Å². The van der Waals surface area contributed by atoms with Crippen LogP contribution in [0.1, 0.15) is 12.0 Å². The molecule has 0 unspecified atom stereocenters. The molecule has 2 aliphatic rings. The van der Waals surface area contributed by atoms with Crippen molar-refractivity contribution in [2.45, 2.75) is 6.42 Å². The van der Waals surface area contributed by atoms with Gasteiger partial charge in [-0.25, -0.2) is 13.6 Å². The lowest BCUT2D eigenvalue weighted by molar-refractivity contribution is 0.229. The molecule has 0 saturated carbocycles. The number of amides is 2. The van der Waals surface area contributed by atoms with E-state index in [2.05, 4.69) is 5.10 Å². The normalized spacial score (nSPS) is 17.3. The van der Waals surface area contributed by atoms with Crippen molar-refractivity contribution in [1.82, 2.24) is 4.90 Å². The lowest BCUT2D eigenvalue weighted by Crippen LogP contribution is -2.29. The Morgan fingerprint density at radius 2 is 1.65 bits per heavy atom. The molecule has 0 radical (unpaired) electrons. The monoisotopic (exact) mass is 356 g/mol. The Morgan fingerprint density at radius 3 is 2.27 bits per heavy atom. The van der Waals surface area contributed by atoms with Gasteiger partial charge in [0.05, 0.1) is 5.71 Å². The van der Waals surface area contributed by atoms with Crippen molar-refractivity contribution in [2.24, 2.45) is 5.10 Å². The summed E-state index contributed by atoms with van der Waals surface area (Å²) in [4.78, 5) is 15.5. The van der Waals surface area contributed by atoms with Crippen LogP contribution in [0.15, 0.2) is 47.6 Å². The first-order valence-corrected chi connectivity index (χ1v) is 8.46. The third-order valence-corrected chi connectivity index (χ3v) is 4.73. The van der Waals surface area contributed by atoms with Crippen molar-refractivity contribution in [3.8, 4) is 0 Å². The molecule has 0 atom stereocenters. The first kappa shape index (κ1) is 16.5. The summed E-state index contributed by atoms with van der Waals surface area (Å²) < 4.78 is 27.9. The quantitative estimate of drug-likeness (QED) is 0.845. The van der Waals surface area contributed by atoms with Crippen molar-refractivity contribution in [3.63, 3.8) is 0 Å². The SMILES string of the molecule is CN1CCN(c2ccc(C3=NN(c4c(F)cccc4F)CC3)cc2)C1=O. The van der Waals surface area contributed by atoms with Crippen molar-refractivity contribution in [2.75, 3.05) is 36.6 Å². The number of carbonyl (C=O) groups excluding carboxylic acids is 1. The Bertz CT molecular complexity index is 861. The van der Waals surface area contributed by atoms with Crippen LogP contribution in [-0.4, -0.2) is 43.3 Å². The van der Waals surface area contributed by atoms with Gasteiger partial charge in [0.1, 0.15) is 5.69 Å². The van der Waals surface area contributed by atoms with E-state index in [1.807, 2.05) is 24.3 Å². The van der Waals surface area contributed by atoms with Gasteiger partial charge in [-0.05, 0) is 29.8 Å². The molecule has 2 heterocycles. The van der Waals surface area contributed by atoms with Crippen LogP contribution in [0.3, 0.4) is 0 Å². The minimum Gasteiger partial charge on any atom is -0.326 e. The number of carbonyl (C=O) groups is 1. The van der Waals surface area contributed by atoms with E-state index in [-0.39, 0.29) is 11.7 Å². The van der Waals surface area contributed by atoms with E-state index in [9.17, 15) is 13.6 Å². The number of benzene rings is 2. The molecule has 26 heavy (non-hydrogen) atoms. The zero-order valence-corrected chi connectivity index (χ0v) is 14.3. The molecule has 2 aliphatic heterocycles. The van der Waals surface area contributed by atoms with Crippen LogP contribution < -0.4 is 9.91 Å². The highest BCUT2D eigenvalue weighted by Gasteiger charge is 2.27. The molecule has 0 N–H and O–H groups in total. The molecule has 134 valence electrons. The number of rotatable bonds is 3. The van der Waals surface area contributed by atoms with Crippen LogP contribution in [0.2, 0.25) is 0 Å². The molecule has 0 aromatic heterocycles. The fraction of sp³-hybridized carbons (Fsp3) is 0.263. The summed E-state index contributed by atoms with van der Waals surface area (Å²) in [6.07, 6.45) is 0.596. The minimum absolute atomic E-state index is 0.0165. The topological polar surface area (TPSA) is 39.1 Å². The van der Waals surface area contributed by atoms with Gasteiger partial charge in [0.15, 0.2) is 11.6 Å². The van der Waals surface area contributed by atoms with Crippen molar-refractivity contribution < 1.29 is 13.6 Å². The Kier molecular flexibility index (Phi) is 4.06. The second-order valence-electron chi connectivity index (χ2n) is 6.39. The van der Waals surface area contributed by atoms with E-state index >= 15 is 0 Å². The summed E-state index contributed by atoms with van der Waals surface area (Å²) in [6.45, 7) is 1.79. The number of hydrogen-bond donors (Lipinski definition) is 0. The number of para-hydroxylation sites is 1. The Morgan fingerprint density at radius 1 is 0.962 bits per heavy atom. The largest absolute Gasteiger partial charge is 0.326 e. The predicted molar refractivity (Wildman–Crippen MR) is 96.7 cm³/mol. The fourth-order valence-electron chi connectivity index (χ4n) is 3.28.